The predicted octanol–water partition coefficient (Wildman–Crippen LogP) is -1.85. The van der Waals surface area contributed by atoms with Gasteiger partial charge in [-0.25, -0.2) is 0 Å². The van der Waals surface area contributed by atoms with E-state index < -0.39 is 5.91 Å². The summed E-state index contributed by atoms with van der Waals surface area (Å²) < 4.78 is 0. The lowest BCUT2D eigenvalue weighted by Crippen LogP contribution is -2.17. The lowest BCUT2D eigenvalue weighted by Gasteiger charge is -1.81. The van der Waals surface area contributed by atoms with E-state index in [1.54, 1.807) is 0 Å². The zero-order valence-corrected chi connectivity index (χ0v) is 4.27. The van der Waals surface area contributed by atoms with Crippen molar-refractivity contribution in [1.82, 2.24) is 5.23 Å². The summed E-state index contributed by atoms with van der Waals surface area (Å²) in [5.74, 6) is 3.95. The summed E-state index contributed by atoms with van der Waals surface area (Å²) in [5.41, 5.74) is 4.94. The van der Waals surface area contributed by atoms with Crippen LogP contribution in [0, 0.1) is 11.8 Å². The molecule has 0 saturated carbocycles. The van der Waals surface area contributed by atoms with Crippen LogP contribution in [0.2, 0.25) is 0 Å². The Hall–Kier alpha value is -0.945. The number of nitrogens with one attached hydrogen (secondary N) is 1. The van der Waals surface area contributed by atoms with E-state index in [2.05, 4.69) is 19.8 Å². The largest absolute Gasteiger partial charge is 0.399 e. The number of hydrogen-bond donors (Lipinski definition) is 2. The molecular weight excluding hydrogens is 103 g/mol. The van der Waals surface area contributed by atoms with Crippen molar-refractivity contribution in [3.8, 4) is 11.8 Å². The Labute approximate surface area is 49.1 Å². The minimum absolute atomic E-state index is 0.174. The topological polar surface area (TPSA) is 55.1 Å². The molecule has 0 unspecified atom stereocenters. The fourth-order valence-electron chi connectivity index (χ4n) is 0.167. The van der Waals surface area contributed by atoms with Gasteiger partial charge in [0.15, 0.2) is 0 Å². The van der Waals surface area contributed by atoms with E-state index in [-0.39, 0.29) is 6.54 Å². The van der Waals surface area contributed by atoms with Gasteiger partial charge < -0.3 is 11.0 Å². The Morgan fingerprint density at radius 2 is 2.50 bits per heavy atom. The van der Waals surface area contributed by atoms with Crippen LogP contribution in [-0.4, -0.2) is 20.4 Å². The van der Waals surface area contributed by atoms with Gasteiger partial charge in [-0.2, -0.15) is 0 Å². The Morgan fingerprint density at radius 3 is 2.88 bits per heavy atom. The van der Waals surface area contributed by atoms with Crippen LogP contribution in [0.3, 0.4) is 0 Å². The van der Waals surface area contributed by atoms with E-state index in [0.29, 0.717) is 0 Å². The summed E-state index contributed by atoms with van der Waals surface area (Å²) >= 11 is 0. The Morgan fingerprint density at radius 1 is 1.88 bits per heavy atom. The molecule has 0 spiro atoms. The van der Waals surface area contributed by atoms with E-state index in [1.807, 2.05) is 5.23 Å². The average Bonchev–Trinajstić information content (AvgIpc) is 1.83. The van der Waals surface area contributed by atoms with Crippen LogP contribution in [0.15, 0.2) is 0 Å². The first-order chi connectivity index (χ1) is 3.81. The van der Waals surface area contributed by atoms with Crippen LogP contribution < -0.4 is 11.0 Å². The molecule has 0 aromatic carbocycles. The fourth-order valence-corrected chi connectivity index (χ4v) is 0.167. The smallest absolute Gasteiger partial charge is 0.283 e. The minimum Gasteiger partial charge on any atom is -0.399 e. The first kappa shape index (κ1) is 7.05. The summed E-state index contributed by atoms with van der Waals surface area (Å²) in [6.07, 6.45) is 0. The predicted molar refractivity (Wildman–Crippen MR) is 30.7 cm³/mol. The van der Waals surface area contributed by atoms with E-state index in [1.165, 1.54) is 0 Å². The Balaban J connectivity index is 3.52. The van der Waals surface area contributed by atoms with Crippen LogP contribution in [0.1, 0.15) is 0 Å². The molecule has 0 rings (SSSR count). The van der Waals surface area contributed by atoms with Crippen molar-refractivity contribution in [2.75, 3.05) is 6.54 Å². The molecule has 0 saturated heterocycles. The van der Waals surface area contributed by atoms with Crippen molar-refractivity contribution in [1.29, 1.82) is 0 Å². The van der Waals surface area contributed by atoms with Gasteiger partial charge in [0.25, 0.3) is 5.91 Å². The SMILES string of the molecule is [B]NC(=O)C#CCN. The molecule has 1 amide bonds. The summed E-state index contributed by atoms with van der Waals surface area (Å²) in [4.78, 5) is 10.1. The van der Waals surface area contributed by atoms with Gasteiger partial charge in [0, 0.05) is 0 Å². The molecule has 0 atom stereocenters. The maximum absolute atomic E-state index is 10.1. The lowest BCUT2D eigenvalue weighted by molar-refractivity contribution is -0.114. The third-order valence-electron chi connectivity index (χ3n) is 0.435. The maximum atomic E-state index is 10.1. The van der Waals surface area contributed by atoms with Gasteiger partial charge in [-0.1, -0.05) is 5.92 Å². The monoisotopic (exact) mass is 108 g/mol. The van der Waals surface area contributed by atoms with Crippen molar-refractivity contribution in [3.63, 3.8) is 0 Å². The van der Waals surface area contributed by atoms with Crippen LogP contribution in [0.4, 0.5) is 0 Å². The first-order valence-electron chi connectivity index (χ1n) is 2.00. The molecule has 8 heavy (non-hydrogen) atoms. The molecule has 0 aliphatic heterocycles. The highest BCUT2D eigenvalue weighted by atomic mass is 16.1. The average molecular weight is 108 g/mol. The van der Waals surface area contributed by atoms with Gasteiger partial charge in [-0.3, -0.25) is 4.79 Å². The second-order valence-electron chi connectivity index (χ2n) is 0.979. The van der Waals surface area contributed by atoms with Crippen molar-refractivity contribution >= 4 is 13.9 Å². The van der Waals surface area contributed by atoms with Crippen molar-refractivity contribution in [2.45, 2.75) is 0 Å². The van der Waals surface area contributed by atoms with E-state index >= 15 is 0 Å². The third kappa shape index (κ3) is 3.25. The Bertz CT molecular complexity index is 135. The van der Waals surface area contributed by atoms with Gasteiger partial charge >= 0.3 is 0 Å². The van der Waals surface area contributed by atoms with Gasteiger partial charge in [0.2, 0.25) is 7.98 Å². The second kappa shape index (κ2) is 4.22. The number of nitrogens with two attached hydrogens (primary N) is 1. The molecule has 3 nitrogen and oxygen atoms in total. The molecule has 0 bridgehead atoms. The molecule has 3 N–H and O–H groups in total. The lowest BCUT2D eigenvalue weighted by atomic mass is 10.4. The molecule has 4 heteroatoms. The molecule has 40 valence electrons. The van der Waals surface area contributed by atoms with E-state index in [4.69, 9.17) is 5.73 Å². The Kier molecular flexibility index (Phi) is 3.72. The van der Waals surface area contributed by atoms with Crippen molar-refractivity contribution < 1.29 is 4.79 Å². The van der Waals surface area contributed by atoms with E-state index in [9.17, 15) is 4.79 Å². The number of rotatable bonds is 0. The van der Waals surface area contributed by atoms with Crippen LogP contribution >= 0.6 is 0 Å². The fraction of sp³-hybridized carbons (Fsp3) is 0.250. The summed E-state index contributed by atoms with van der Waals surface area (Å²) in [6.45, 7) is 0.174. The number of hydrogen-bond acceptors (Lipinski definition) is 2. The molecule has 0 aromatic heterocycles. The van der Waals surface area contributed by atoms with E-state index in [0.717, 1.165) is 0 Å². The van der Waals surface area contributed by atoms with Gasteiger partial charge in [-0.05, 0) is 5.92 Å². The number of amides is 1. The van der Waals surface area contributed by atoms with Gasteiger partial charge in [0.1, 0.15) is 0 Å². The molecular formula is C4H5BN2O. The summed E-state index contributed by atoms with van der Waals surface area (Å²) in [7, 11) is 4.67. The molecule has 2 radical (unpaired) electrons. The summed E-state index contributed by atoms with van der Waals surface area (Å²) in [5, 5.41) is 1.83. The second-order valence-corrected chi connectivity index (χ2v) is 0.979. The van der Waals surface area contributed by atoms with Crippen molar-refractivity contribution in [2.24, 2.45) is 5.73 Å². The first-order valence-corrected chi connectivity index (χ1v) is 2.00. The highest BCUT2D eigenvalue weighted by molar-refractivity contribution is 6.18. The standard InChI is InChI=1S/C4H5BN2O/c5-7-4(8)2-1-3-6/h3,6H2,(H,7,8). The molecule has 0 aliphatic rings. The highest BCUT2D eigenvalue weighted by Gasteiger charge is 1.82. The highest BCUT2D eigenvalue weighted by Crippen LogP contribution is 1.53. The molecule has 0 aromatic rings. The maximum Gasteiger partial charge on any atom is 0.283 e. The van der Waals surface area contributed by atoms with Gasteiger partial charge in [-0.15, -0.1) is 0 Å². The quantitative estimate of drug-likeness (QED) is 0.282. The van der Waals surface area contributed by atoms with Crippen LogP contribution in [0.5, 0.6) is 0 Å². The van der Waals surface area contributed by atoms with Crippen LogP contribution in [-0.2, 0) is 4.79 Å². The normalized spacial score (nSPS) is 6.62. The van der Waals surface area contributed by atoms with Crippen LogP contribution in [0.25, 0.3) is 0 Å². The third-order valence-corrected chi connectivity index (χ3v) is 0.435. The number of carbonyl (C=O) groups excluding carboxylic acids is 1. The zero-order valence-electron chi connectivity index (χ0n) is 4.27. The number of carbonyl (C=O) groups is 1. The zero-order chi connectivity index (χ0) is 6.41. The van der Waals surface area contributed by atoms with Crippen molar-refractivity contribution in [3.05, 3.63) is 0 Å². The minimum atomic E-state index is -0.518. The van der Waals surface area contributed by atoms with Gasteiger partial charge in [0.05, 0.1) is 6.54 Å². The molecule has 0 fully saturated rings. The molecule has 0 heterocycles. The summed E-state index contributed by atoms with van der Waals surface area (Å²) in [6, 6.07) is 0. The molecule has 0 aliphatic carbocycles.